The summed E-state index contributed by atoms with van der Waals surface area (Å²) in [6.45, 7) is 3.58. The molecule has 2 amide bonds. The predicted octanol–water partition coefficient (Wildman–Crippen LogP) is 3.84. The van der Waals surface area contributed by atoms with Crippen molar-refractivity contribution < 1.29 is 14.1 Å². The van der Waals surface area contributed by atoms with Crippen LogP contribution in [-0.2, 0) is 9.59 Å². The zero-order chi connectivity index (χ0) is 18.4. The number of anilines is 1. The summed E-state index contributed by atoms with van der Waals surface area (Å²) in [6.07, 6.45) is 0. The van der Waals surface area contributed by atoms with Gasteiger partial charge in [0.15, 0.2) is 5.82 Å². The van der Waals surface area contributed by atoms with Crippen LogP contribution in [0, 0.1) is 6.92 Å². The van der Waals surface area contributed by atoms with Crippen LogP contribution in [0.1, 0.15) is 24.3 Å². The molecule has 2 rings (SSSR count). The Morgan fingerprint density at radius 1 is 1.20 bits per heavy atom. The average molecular weight is 402 g/mol. The first-order valence-electron chi connectivity index (χ1n) is 7.40. The Bertz CT molecular complexity index is 767. The second kappa shape index (κ2) is 9.12. The Kier molecular flexibility index (Phi) is 7.16. The first-order chi connectivity index (χ1) is 11.8. The van der Waals surface area contributed by atoms with Crippen molar-refractivity contribution in [1.29, 1.82) is 0 Å². The van der Waals surface area contributed by atoms with E-state index in [1.54, 1.807) is 31.2 Å². The molecule has 2 aromatic rings. The molecule has 0 aliphatic carbocycles. The highest BCUT2D eigenvalue weighted by Crippen LogP contribution is 2.25. The number of nitrogens with one attached hydrogen (secondary N) is 2. The molecule has 1 aromatic heterocycles. The summed E-state index contributed by atoms with van der Waals surface area (Å²) in [4.78, 5) is 23.7. The molecule has 2 N–H and O–H groups in total. The van der Waals surface area contributed by atoms with Gasteiger partial charge < -0.3 is 15.2 Å². The Hall–Kier alpha value is -1.70. The Morgan fingerprint density at radius 2 is 1.92 bits per heavy atom. The highest BCUT2D eigenvalue weighted by atomic mass is 35.5. The molecule has 6 nitrogen and oxygen atoms in total. The molecule has 0 radical (unpaired) electrons. The quantitative estimate of drug-likeness (QED) is 0.735. The smallest absolute Gasteiger partial charge is 0.235 e. The van der Waals surface area contributed by atoms with Crippen molar-refractivity contribution in [3.05, 3.63) is 45.6 Å². The van der Waals surface area contributed by atoms with Crippen LogP contribution in [0.3, 0.4) is 0 Å². The molecule has 1 aromatic carbocycles. The van der Waals surface area contributed by atoms with E-state index in [1.807, 2.05) is 6.92 Å². The standard InChI is InChI=1S/C16H17Cl2N3O3S/c1-9-5-14(21-24-9)20-16(23)8-25-7-15(22)19-10(2)11-3-4-12(17)13(18)6-11/h3-6,10H,7-8H2,1-2H3,(H,19,22)(H,20,21,23). The van der Waals surface area contributed by atoms with Gasteiger partial charge in [0.2, 0.25) is 11.8 Å². The van der Waals surface area contributed by atoms with Crippen molar-refractivity contribution in [2.75, 3.05) is 16.8 Å². The molecule has 9 heteroatoms. The second-order valence-electron chi connectivity index (χ2n) is 5.33. The second-order valence-corrected chi connectivity index (χ2v) is 7.13. The van der Waals surface area contributed by atoms with Gasteiger partial charge in [0, 0.05) is 6.07 Å². The normalized spacial score (nSPS) is 11.8. The lowest BCUT2D eigenvalue weighted by Gasteiger charge is -2.15. The van der Waals surface area contributed by atoms with Crippen molar-refractivity contribution in [1.82, 2.24) is 10.5 Å². The zero-order valence-electron chi connectivity index (χ0n) is 13.6. The molecule has 0 bridgehead atoms. The van der Waals surface area contributed by atoms with Gasteiger partial charge in [0.25, 0.3) is 0 Å². The molecule has 0 spiro atoms. The van der Waals surface area contributed by atoms with Crippen LogP contribution < -0.4 is 10.6 Å². The van der Waals surface area contributed by atoms with Crippen molar-refractivity contribution in [2.24, 2.45) is 0 Å². The third kappa shape index (κ3) is 6.26. The minimum absolute atomic E-state index is 0.139. The van der Waals surface area contributed by atoms with Crippen molar-refractivity contribution in [2.45, 2.75) is 19.9 Å². The fourth-order valence-corrected chi connectivity index (χ4v) is 2.92. The van der Waals surface area contributed by atoms with Gasteiger partial charge >= 0.3 is 0 Å². The van der Waals surface area contributed by atoms with E-state index in [4.69, 9.17) is 27.7 Å². The lowest BCUT2D eigenvalue weighted by atomic mass is 10.1. The summed E-state index contributed by atoms with van der Waals surface area (Å²) in [7, 11) is 0. The number of halogens is 2. The van der Waals surface area contributed by atoms with Gasteiger partial charge in [-0.05, 0) is 31.5 Å². The Labute approximate surface area is 159 Å². The van der Waals surface area contributed by atoms with Crippen molar-refractivity contribution >= 4 is 52.6 Å². The summed E-state index contributed by atoms with van der Waals surface area (Å²) in [6, 6.07) is 6.62. The first-order valence-corrected chi connectivity index (χ1v) is 9.31. The first kappa shape index (κ1) is 19.6. The van der Waals surface area contributed by atoms with Gasteiger partial charge in [-0.25, -0.2) is 0 Å². The van der Waals surface area contributed by atoms with Gasteiger partial charge in [-0.15, -0.1) is 11.8 Å². The lowest BCUT2D eigenvalue weighted by Crippen LogP contribution is -2.28. The highest BCUT2D eigenvalue weighted by Gasteiger charge is 2.12. The molecule has 134 valence electrons. The molecule has 0 fully saturated rings. The number of rotatable bonds is 7. The van der Waals surface area contributed by atoms with Crippen LogP contribution in [0.2, 0.25) is 10.0 Å². The van der Waals surface area contributed by atoms with E-state index in [1.165, 1.54) is 11.8 Å². The lowest BCUT2D eigenvalue weighted by molar-refractivity contribution is -0.119. The summed E-state index contributed by atoms with van der Waals surface area (Å²) in [5.74, 6) is 0.855. The van der Waals surface area contributed by atoms with Gasteiger partial charge in [0.1, 0.15) is 5.76 Å². The number of carbonyl (C=O) groups is 2. The topological polar surface area (TPSA) is 84.2 Å². The third-order valence-corrected chi connectivity index (χ3v) is 4.85. The zero-order valence-corrected chi connectivity index (χ0v) is 16.0. The summed E-state index contributed by atoms with van der Waals surface area (Å²) in [5, 5.41) is 10.0. The minimum Gasteiger partial charge on any atom is -0.360 e. The maximum atomic E-state index is 12.0. The van der Waals surface area contributed by atoms with Crippen LogP contribution in [0.25, 0.3) is 0 Å². The van der Waals surface area contributed by atoms with E-state index >= 15 is 0 Å². The fourth-order valence-electron chi connectivity index (χ4n) is 1.99. The van der Waals surface area contributed by atoms with E-state index in [0.29, 0.717) is 21.6 Å². The Morgan fingerprint density at radius 3 is 2.56 bits per heavy atom. The molecule has 25 heavy (non-hydrogen) atoms. The van der Waals surface area contributed by atoms with Crippen LogP contribution >= 0.6 is 35.0 Å². The van der Waals surface area contributed by atoms with Gasteiger partial charge in [-0.3, -0.25) is 9.59 Å². The van der Waals surface area contributed by atoms with E-state index in [2.05, 4.69) is 15.8 Å². The number of carbonyl (C=O) groups excluding carboxylic acids is 2. The monoisotopic (exact) mass is 401 g/mol. The SMILES string of the molecule is Cc1cc(NC(=O)CSCC(=O)NC(C)c2ccc(Cl)c(Cl)c2)no1. The number of nitrogens with zero attached hydrogens (tertiary/aromatic N) is 1. The molecule has 1 unspecified atom stereocenters. The largest absolute Gasteiger partial charge is 0.360 e. The number of aromatic nitrogens is 1. The summed E-state index contributed by atoms with van der Waals surface area (Å²) < 4.78 is 4.86. The van der Waals surface area contributed by atoms with Crippen molar-refractivity contribution in [3.8, 4) is 0 Å². The van der Waals surface area contributed by atoms with E-state index < -0.39 is 0 Å². The van der Waals surface area contributed by atoms with E-state index in [9.17, 15) is 9.59 Å². The van der Waals surface area contributed by atoms with Crippen LogP contribution in [-0.4, -0.2) is 28.5 Å². The maximum absolute atomic E-state index is 12.0. The number of thioether (sulfide) groups is 1. The average Bonchev–Trinajstić information content (AvgIpc) is 2.94. The van der Waals surface area contributed by atoms with E-state index in [0.717, 1.165) is 5.56 Å². The van der Waals surface area contributed by atoms with Gasteiger partial charge in [-0.2, -0.15) is 0 Å². The number of hydrogen-bond donors (Lipinski definition) is 2. The van der Waals surface area contributed by atoms with Gasteiger partial charge in [-0.1, -0.05) is 34.4 Å². The van der Waals surface area contributed by atoms with Crippen LogP contribution in [0.15, 0.2) is 28.8 Å². The molecule has 1 atom stereocenters. The molecule has 0 saturated heterocycles. The molecule has 1 heterocycles. The predicted molar refractivity (Wildman–Crippen MR) is 100 cm³/mol. The third-order valence-electron chi connectivity index (χ3n) is 3.18. The molecule has 0 aliphatic rings. The maximum Gasteiger partial charge on any atom is 0.235 e. The Balaban J connectivity index is 1.72. The van der Waals surface area contributed by atoms with E-state index in [-0.39, 0.29) is 29.4 Å². The van der Waals surface area contributed by atoms with Crippen LogP contribution in [0.4, 0.5) is 5.82 Å². The molecule has 0 saturated carbocycles. The molecular formula is C16H17Cl2N3O3S. The fraction of sp³-hybridized carbons (Fsp3) is 0.312. The molecular weight excluding hydrogens is 385 g/mol. The number of hydrogen-bond acceptors (Lipinski definition) is 5. The molecule has 0 aliphatic heterocycles. The summed E-state index contributed by atoms with van der Waals surface area (Å²) >= 11 is 13.1. The number of benzene rings is 1. The van der Waals surface area contributed by atoms with Crippen LogP contribution in [0.5, 0.6) is 0 Å². The summed E-state index contributed by atoms with van der Waals surface area (Å²) in [5.41, 5.74) is 0.854. The number of aryl methyl sites for hydroxylation is 1. The van der Waals surface area contributed by atoms with Gasteiger partial charge in [0.05, 0.1) is 27.6 Å². The minimum atomic E-state index is -0.247. The number of amides is 2. The van der Waals surface area contributed by atoms with Crippen molar-refractivity contribution in [3.63, 3.8) is 0 Å². The highest BCUT2D eigenvalue weighted by molar-refractivity contribution is 8.00.